The number of fused-ring (bicyclic) bond motifs is 1. The van der Waals surface area contributed by atoms with Gasteiger partial charge in [0.2, 0.25) is 5.91 Å². The van der Waals surface area contributed by atoms with Crippen LogP contribution in [0.15, 0.2) is 0 Å². The Hall–Kier alpha value is -1.06. The Morgan fingerprint density at radius 3 is 2.42 bits per heavy atom. The molecular formula is C8H11NO3. The predicted molar refractivity (Wildman–Crippen MR) is 40.1 cm³/mol. The molecule has 0 aromatic rings. The first-order chi connectivity index (χ1) is 5.59. The number of primary amides is 1. The largest absolute Gasteiger partial charge is 0.481 e. The number of carboxylic acid groups (broad SMARTS) is 1. The van der Waals surface area contributed by atoms with Crippen LogP contribution in [0.5, 0.6) is 0 Å². The van der Waals surface area contributed by atoms with Crippen molar-refractivity contribution in [2.24, 2.45) is 23.0 Å². The lowest BCUT2D eigenvalue weighted by atomic mass is 9.90. The Labute approximate surface area is 69.7 Å². The highest BCUT2D eigenvalue weighted by molar-refractivity contribution is 5.91. The molecule has 2 aliphatic rings. The van der Waals surface area contributed by atoms with Crippen LogP contribution >= 0.6 is 0 Å². The van der Waals surface area contributed by atoms with Crippen molar-refractivity contribution in [1.29, 1.82) is 0 Å². The molecule has 66 valence electrons. The van der Waals surface area contributed by atoms with Crippen LogP contribution in [0.25, 0.3) is 0 Å². The van der Waals surface area contributed by atoms with Gasteiger partial charge in [-0.05, 0) is 25.2 Å². The van der Waals surface area contributed by atoms with E-state index in [4.69, 9.17) is 10.8 Å². The highest BCUT2D eigenvalue weighted by atomic mass is 16.4. The Morgan fingerprint density at radius 2 is 2.08 bits per heavy atom. The van der Waals surface area contributed by atoms with Gasteiger partial charge in [0.1, 0.15) is 0 Å². The van der Waals surface area contributed by atoms with Crippen LogP contribution in [-0.2, 0) is 9.59 Å². The molecular weight excluding hydrogens is 158 g/mol. The summed E-state index contributed by atoms with van der Waals surface area (Å²) in [6.07, 6.45) is 2.15. The van der Waals surface area contributed by atoms with Crippen molar-refractivity contribution >= 4 is 11.9 Å². The van der Waals surface area contributed by atoms with Gasteiger partial charge in [0, 0.05) is 0 Å². The van der Waals surface area contributed by atoms with Gasteiger partial charge in [0.05, 0.1) is 11.3 Å². The summed E-state index contributed by atoms with van der Waals surface area (Å²) in [5, 5.41) is 8.82. The molecule has 3 N–H and O–H groups in total. The van der Waals surface area contributed by atoms with E-state index < -0.39 is 23.2 Å². The highest BCUT2D eigenvalue weighted by Gasteiger charge is 2.68. The standard InChI is InChI=1S/C8H11NO3/c9-7(12)8-3-4(8)1-2-5(8)6(10)11/h4-5H,1-3H2,(H2,9,12)(H,10,11). The maximum absolute atomic E-state index is 11.0. The van der Waals surface area contributed by atoms with E-state index in [1.165, 1.54) is 0 Å². The number of carbonyl (C=O) groups is 2. The lowest BCUT2D eigenvalue weighted by Gasteiger charge is -2.14. The van der Waals surface area contributed by atoms with Gasteiger partial charge in [-0.1, -0.05) is 0 Å². The minimum Gasteiger partial charge on any atom is -0.481 e. The molecule has 12 heavy (non-hydrogen) atoms. The number of nitrogens with two attached hydrogens (primary N) is 1. The lowest BCUT2D eigenvalue weighted by molar-refractivity contribution is -0.147. The number of rotatable bonds is 2. The van der Waals surface area contributed by atoms with E-state index in [0.717, 1.165) is 6.42 Å². The fraction of sp³-hybridized carbons (Fsp3) is 0.750. The highest BCUT2D eigenvalue weighted by Crippen LogP contribution is 2.66. The first kappa shape index (κ1) is 7.58. The third kappa shape index (κ3) is 0.673. The molecule has 4 heteroatoms. The third-order valence-electron chi connectivity index (χ3n) is 3.34. The van der Waals surface area contributed by atoms with Crippen LogP contribution in [-0.4, -0.2) is 17.0 Å². The van der Waals surface area contributed by atoms with E-state index in [2.05, 4.69) is 0 Å². The molecule has 2 aliphatic carbocycles. The van der Waals surface area contributed by atoms with Crippen LogP contribution < -0.4 is 5.73 Å². The Balaban J connectivity index is 2.27. The molecule has 1 amide bonds. The molecule has 0 heterocycles. The summed E-state index contributed by atoms with van der Waals surface area (Å²) < 4.78 is 0. The molecule has 0 bridgehead atoms. The fourth-order valence-corrected chi connectivity index (χ4v) is 2.58. The number of carboxylic acids is 1. The van der Waals surface area contributed by atoms with Crippen molar-refractivity contribution in [2.45, 2.75) is 19.3 Å². The average molecular weight is 169 g/mol. The molecule has 2 saturated carbocycles. The predicted octanol–water partition coefficient (Wildman–Crippen LogP) is -0.0274. The number of hydrogen-bond donors (Lipinski definition) is 2. The molecule has 0 radical (unpaired) electrons. The number of hydrogen-bond acceptors (Lipinski definition) is 2. The maximum Gasteiger partial charge on any atom is 0.307 e. The molecule has 0 aromatic heterocycles. The van der Waals surface area contributed by atoms with E-state index in [1.54, 1.807) is 0 Å². The summed E-state index contributed by atoms with van der Waals surface area (Å²) >= 11 is 0. The summed E-state index contributed by atoms with van der Waals surface area (Å²) in [5.74, 6) is -1.54. The molecule has 3 unspecified atom stereocenters. The molecule has 3 atom stereocenters. The van der Waals surface area contributed by atoms with Crippen LogP contribution in [0.2, 0.25) is 0 Å². The van der Waals surface area contributed by atoms with Gasteiger partial charge < -0.3 is 10.8 Å². The summed E-state index contributed by atoms with van der Waals surface area (Å²) in [7, 11) is 0. The van der Waals surface area contributed by atoms with Gasteiger partial charge in [-0.25, -0.2) is 0 Å². The fourth-order valence-electron chi connectivity index (χ4n) is 2.58. The minimum absolute atomic E-state index is 0.260. The number of amides is 1. The van der Waals surface area contributed by atoms with Gasteiger partial charge in [-0.3, -0.25) is 9.59 Å². The average Bonchev–Trinajstić information content (AvgIpc) is 2.58. The Morgan fingerprint density at radius 1 is 1.42 bits per heavy atom. The molecule has 0 spiro atoms. The zero-order valence-corrected chi connectivity index (χ0v) is 6.62. The van der Waals surface area contributed by atoms with Crippen molar-refractivity contribution in [1.82, 2.24) is 0 Å². The summed E-state index contributed by atoms with van der Waals surface area (Å²) in [6, 6.07) is 0. The van der Waals surface area contributed by atoms with Crippen LogP contribution in [0.4, 0.5) is 0 Å². The smallest absolute Gasteiger partial charge is 0.307 e. The van der Waals surface area contributed by atoms with E-state index in [0.29, 0.717) is 12.8 Å². The second kappa shape index (κ2) is 2.00. The third-order valence-corrected chi connectivity index (χ3v) is 3.34. The van der Waals surface area contributed by atoms with Gasteiger partial charge in [-0.15, -0.1) is 0 Å². The molecule has 0 aromatic carbocycles. The molecule has 2 rings (SSSR count). The minimum atomic E-state index is -0.867. The van der Waals surface area contributed by atoms with E-state index in [1.807, 2.05) is 0 Å². The van der Waals surface area contributed by atoms with Gasteiger partial charge in [-0.2, -0.15) is 0 Å². The van der Waals surface area contributed by atoms with Gasteiger partial charge in [0.25, 0.3) is 0 Å². The molecule has 4 nitrogen and oxygen atoms in total. The summed E-state index contributed by atoms with van der Waals surface area (Å²) in [6.45, 7) is 0. The van der Waals surface area contributed by atoms with Crippen LogP contribution in [0.1, 0.15) is 19.3 Å². The zero-order valence-electron chi connectivity index (χ0n) is 6.62. The molecule has 2 fully saturated rings. The second-order valence-corrected chi connectivity index (χ2v) is 3.77. The number of carbonyl (C=O) groups excluding carboxylic acids is 1. The van der Waals surface area contributed by atoms with Crippen molar-refractivity contribution < 1.29 is 14.7 Å². The zero-order chi connectivity index (χ0) is 8.93. The summed E-state index contributed by atoms with van der Waals surface area (Å²) in [4.78, 5) is 21.8. The first-order valence-corrected chi connectivity index (χ1v) is 4.11. The topological polar surface area (TPSA) is 80.4 Å². The Bertz CT molecular complexity index is 263. The van der Waals surface area contributed by atoms with Crippen molar-refractivity contribution in [3.05, 3.63) is 0 Å². The van der Waals surface area contributed by atoms with Crippen molar-refractivity contribution in [2.75, 3.05) is 0 Å². The number of aliphatic carboxylic acids is 1. The normalized spacial score (nSPS) is 43.7. The monoisotopic (exact) mass is 169 g/mol. The van der Waals surface area contributed by atoms with Crippen LogP contribution in [0.3, 0.4) is 0 Å². The summed E-state index contributed by atoms with van der Waals surface area (Å²) in [5.41, 5.74) is 4.54. The second-order valence-electron chi connectivity index (χ2n) is 3.77. The quantitative estimate of drug-likeness (QED) is 0.609. The molecule has 0 saturated heterocycles. The lowest BCUT2D eigenvalue weighted by Crippen LogP contribution is -2.34. The van der Waals surface area contributed by atoms with E-state index in [-0.39, 0.29) is 5.92 Å². The van der Waals surface area contributed by atoms with E-state index in [9.17, 15) is 9.59 Å². The van der Waals surface area contributed by atoms with Gasteiger partial charge in [0.15, 0.2) is 0 Å². The maximum atomic E-state index is 11.0. The van der Waals surface area contributed by atoms with Crippen molar-refractivity contribution in [3.8, 4) is 0 Å². The van der Waals surface area contributed by atoms with Gasteiger partial charge >= 0.3 is 5.97 Å². The first-order valence-electron chi connectivity index (χ1n) is 4.11. The SMILES string of the molecule is NC(=O)C12CC1CCC2C(=O)O. The van der Waals surface area contributed by atoms with E-state index >= 15 is 0 Å². The Kier molecular flexibility index (Phi) is 1.26. The molecule has 0 aliphatic heterocycles. The van der Waals surface area contributed by atoms with Crippen molar-refractivity contribution in [3.63, 3.8) is 0 Å². The van der Waals surface area contributed by atoms with Crippen LogP contribution in [0, 0.1) is 17.3 Å².